The third-order valence-electron chi connectivity index (χ3n) is 4.43. The summed E-state index contributed by atoms with van der Waals surface area (Å²) in [5.41, 5.74) is 2.86. The number of benzene rings is 1. The van der Waals surface area contributed by atoms with Crippen LogP contribution in [0.2, 0.25) is 0 Å². The van der Waals surface area contributed by atoms with Gasteiger partial charge in [0.15, 0.2) is 0 Å². The van der Waals surface area contributed by atoms with Gasteiger partial charge in [-0.2, -0.15) is 0 Å². The molecule has 3 rings (SSSR count). The molecule has 2 aliphatic heterocycles. The smallest absolute Gasteiger partial charge is 0.234 e. The maximum atomic E-state index is 12.0. The second-order valence-corrected chi connectivity index (χ2v) is 5.98. The molecule has 0 aliphatic carbocycles. The molecular weight excluding hydrogens is 264 g/mol. The first kappa shape index (κ1) is 14.5. The first-order valence-electron chi connectivity index (χ1n) is 7.99. The van der Waals surface area contributed by atoms with Gasteiger partial charge < -0.3 is 10.1 Å². The number of carbonyl (C=O) groups excluding carboxylic acids is 1. The Hall–Kier alpha value is -1.39. The van der Waals surface area contributed by atoms with Crippen LogP contribution in [0.25, 0.3) is 0 Å². The van der Waals surface area contributed by atoms with E-state index in [4.69, 9.17) is 4.74 Å². The quantitative estimate of drug-likeness (QED) is 0.910. The molecule has 1 fully saturated rings. The lowest BCUT2D eigenvalue weighted by atomic mass is 10.0. The molecular formula is C17H24N2O2. The number of nitrogens with one attached hydrogen (secondary N) is 1. The summed E-state index contributed by atoms with van der Waals surface area (Å²) in [7, 11) is 0. The predicted molar refractivity (Wildman–Crippen MR) is 82.3 cm³/mol. The van der Waals surface area contributed by atoms with E-state index in [9.17, 15) is 4.79 Å². The molecule has 114 valence electrons. The molecule has 1 unspecified atom stereocenters. The molecule has 0 radical (unpaired) electrons. The van der Waals surface area contributed by atoms with Gasteiger partial charge in [0.2, 0.25) is 5.91 Å². The summed E-state index contributed by atoms with van der Waals surface area (Å²) in [6.45, 7) is 3.92. The van der Waals surface area contributed by atoms with Crippen molar-refractivity contribution in [2.75, 3.05) is 32.8 Å². The van der Waals surface area contributed by atoms with E-state index in [0.29, 0.717) is 13.1 Å². The summed E-state index contributed by atoms with van der Waals surface area (Å²) in [6, 6.07) is 8.61. The van der Waals surface area contributed by atoms with Crippen LogP contribution in [-0.4, -0.2) is 49.7 Å². The predicted octanol–water partition coefficient (Wildman–Crippen LogP) is 1.38. The molecule has 0 aromatic heterocycles. The van der Waals surface area contributed by atoms with Gasteiger partial charge in [0.25, 0.3) is 0 Å². The fraction of sp³-hybridized carbons (Fsp3) is 0.588. The van der Waals surface area contributed by atoms with Crippen LogP contribution in [0.3, 0.4) is 0 Å². The van der Waals surface area contributed by atoms with Crippen LogP contribution in [0.15, 0.2) is 24.3 Å². The van der Waals surface area contributed by atoms with Gasteiger partial charge in [-0.05, 0) is 36.8 Å². The summed E-state index contributed by atoms with van der Waals surface area (Å²) in [6.07, 6.45) is 4.48. The number of hydrogen-bond donors (Lipinski definition) is 1. The fourth-order valence-corrected chi connectivity index (χ4v) is 3.16. The van der Waals surface area contributed by atoms with Crippen molar-refractivity contribution >= 4 is 5.91 Å². The van der Waals surface area contributed by atoms with Gasteiger partial charge in [0, 0.05) is 26.2 Å². The minimum atomic E-state index is 0.122. The van der Waals surface area contributed by atoms with Crippen LogP contribution in [0.5, 0.6) is 0 Å². The Morgan fingerprint density at radius 1 is 1.24 bits per heavy atom. The van der Waals surface area contributed by atoms with Crippen LogP contribution >= 0.6 is 0 Å². The zero-order chi connectivity index (χ0) is 14.5. The minimum Gasteiger partial charge on any atom is -0.376 e. The van der Waals surface area contributed by atoms with Gasteiger partial charge in [0.05, 0.1) is 12.6 Å². The van der Waals surface area contributed by atoms with Crippen LogP contribution in [-0.2, 0) is 22.4 Å². The topological polar surface area (TPSA) is 41.6 Å². The van der Waals surface area contributed by atoms with E-state index in [0.717, 1.165) is 45.4 Å². The van der Waals surface area contributed by atoms with Crippen molar-refractivity contribution in [3.8, 4) is 0 Å². The second kappa shape index (κ2) is 7.05. The zero-order valence-corrected chi connectivity index (χ0v) is 12.5. The molecule has 0 bridgehead atoms. The van der Waals surface area contributed by atoms with Crippen LogP contribution < -0.4 is 5.32 Å². The highest BCUT2D eigenvalue weighted by Gasteiger charge is 2.18. The Morgan fingerprint density at radius 2 is 1.95 bits per heavy atom. The van der Waals surface area contributed by atoms with Crippen molar-refractivity contribution in [1.82, 2.24) is 10.2 Å². The Balaban J connectivity index is 1.44. The Bertz CT molecular complexity index is 456. The third kappa shape index (κ3) is 4.05. The summed E-state index contributed by atoms with van der Waals surface area (Å²) in [5, 5.41) is 3.01. The number of fused-ring (bicyclic) bond motifs is 1. The zero-order valence-electron chi connectivity index (χ0n) is 12.5. The molecule has 21 heavy (non-hydrogen) atoms. The standard InChI is InChI=1S/C17H24N2O2/c20-17(18-12-16-6-3-11-21-16)13-19-9-7-14-4-1-2-5-15(14)8-10-19/h1-2,4-5,16H,3,6-13H2,(H,18,20). The van der Waals surface area contributed by atoms with Crippen LogP contribution in [0, 0.1) is 0 Å². The third-order valence-corrected chi connectivity index (χ3v) is 4.43. The van der Waals surface area contributed by atoms with Crippen molar-refractivity contribution in [1.29, 1.82) is 0 Å². The Labute approximate surface area is 126 Å². The first-order chi connectivity index (χ1) is 10.3. The number of amides is 1. The molecule has 2 aliphatic rings. The molecule has 4 heteroatoms. The summed E-state index contributed by atoms with van der Waals surface area (Å²) >= 11 is 0. The molecule has 1 saturated heterocycles. The number of carbonyl (C=O) groups is 1. The largest absolute Gasteiger partial charge is 0.376 e. The molecule has 1 amide bonds. The highest BCUT2D eigenvalue weighted by Crippen LogP contribution is 2.15. The number of nitrogens with zero attached hydrogens (tertiary/aromatic N) is 1. The highest BCUT2D eigenvalue weighted by atomic mass is 16.5. The lowest BCUT2D eigenvalue weighted by Gasteiger charge is -2.19. The van der Waals surface area contributed by atoms with Gasteiger partial charge in [-0.25, -0.2) is 0 Å². The summed E-state index contributed by atoms with van der Waals surface area (Å²) in [5.74, 6) is 0.122. The maximum absolute atomic E-state index is 12.0. The van der Waals surface area contributed by atoms with Gasteiger partial charge in [0.1, 0.15) is 0 Å². The lowest BCUT2D eigenvalue weighted by molar-refractivity contribution is -0.122. The molecule has 1 aromatic rings. The van der Waals surface area contributed by atoms with E-state index < -0.39 is 0 Å². The van der Waals surface area contributed by atoms with E-state index in [1.807, 2.05) is 0 Å². The monoisotopic (exact) mass is 288 g/mol. The van der Waals surface area contributed by atoms with E-state index in [2.05, 4.69) is 34.5 Å². The maximum Gasteiger partial charge on any atom is 0.234 e. The Morgan fingerprint density at radius 3 is 2.57 bits per heavy atom. The van der Waals surface area contributed by atoms with Crippen molar-refractivity contribution in [2.45, 2.75) is 31.8 Å². The number of rotatable bonds is 4. The van der Waals surface area contributed by atoms with E-state index in [1.54, 1.807) is 0 Å². The van der Waals surface area contributed by atoms with Gasteiger partial charge in [-0.1, -0.05) is 24.3 Å². The first-order valence-corrected chi connectivity index (χ1v) is 7.99. The van der Waals surface area contributed by atoms with Crippen molar-refractivity contribution in [3.63, 3.8) is 0 Å². The normalized spacial score (nSPS) is 22.6. The SMILES string of the molecule is O=C(CN1CCc2ccccc2CC1)NCC1CCCO1. The van der Waals surface area contributed by atoms with Crippen molar-refractivity contribution < 1.29 is 9.53 Å². The van der Waals surface area contributed by atoms with E-state index >= 15 is 0 Å². The van der Waals surface area contributed by atoms with E-state index in [1.165, 1.54) is 11.1 Å². The summed E-state index contributed by atoms with van der Waals surface area (Å²) in [4.78, 5) is 14.3. The molecule has 1 atom stereocenters. The van der Waals surface area contributed by atoms with E-state index in [-0.39, 0.29) is 12.0 Å². The van der Waals surface area contributed by atoms with Crippen LogP contribution in [0.1, 0.15) is 24.0 Å². The number of hydrogen-bond acceptors (Lipinski definition) is 3. The molecule has 1 aromatic carbocycles. The highest BCUT2D eigenvalue weighted by molar-refractivity contribution is 5.78. The van der Waals surface area contributed by atoms with Gasteiger partial charge in [-0.15, -0.1) is 0 Å². The fourth-order valence-electron chi connectivity index (χ4n) is 3.16. The summed E-state index contributed by atoms with van der Waals surface area (Å²) < 4.78 is 5.53. The minimum absolute atomic E-state index is 0.122. The van der Waals surface area contributed by atoms with Crippen molar-refractivity contribution in [3.05, 3.63) is 35.4 Å². The van der Waals surface area contributed by atoms with Crippen molar-refractivity contribution in [2.24, 2.45) is 0 Å². The molecule has 2 heterocycles. The molecule has 0 saturated carbocycles. The lowest BCUT2D eigenvalue weighted by Crippen LogP contribution is -2.41. The Kier molecular flexibility index (Phi) is 4.88. The van der Waals surface area contributed by atoms with Gasteiger partial charge in [-0.3, -0.25) is 9.69 Å². The van der Waals surface area contributed by atoms with Crippen LogP contribution in [0.4, 0.5) is 0 Å². The molecule has 0 spiro atoms. The second-order valence-electron chi connectivity index (χ2n) is 5.98. The average molecular weight is 288 g/mol. The molecule has 4 nitrogen and oxygen atoms in total. The average Bonchev–Trinajstić information content (AvgIpc) is 2.94. The van der Waals surface area contributed by atoms with Gasteiger partial charge >= 0.3 is 0 Å². The molecule has 1 N–H and O–H groups in total. The number of ether oxygens (including phenoxy) is 1.